The van der Waals surface area contributed by atoms with Crippen molar-refractivity contribution in [2.75, 3.05) is 0 Å². The van der Waals surface area contributed by atoms with E-state index in [1.807, 2.05) is 0 Å². The summed E-state index contributed by atoms with van der Waals surface area (Å²) >= 11 is 0. The fraction of sp³-hybridized carbons (Fsp3) is 0. The van der Waals surface area contributed by atoms with E-state index in [2.05, 4.69) is 189 Å². The van der Waals surface area contributed by atoms with Crippen molar-refractivity contribution in [2.45, 2.75) is 0 Å². The smallest absolute Gasteiger partial charge is 0.0620 e. The summed E-state index contributed by atoms with van der Waals surface area (Å²) in [7, 11) is 0. The molecule has 0 radical (unpaired) electrons. The molecule has 0 aliphatic carbocycles. The second-order valence-electron chi connectivity index (χ2n) is 13.7. The van der Waals surface area contributed by atoms with Crippen molar-refractivity contribution in [1.29, 1.82) is 0 Å². The molecule has 4 aromatic heterocycles. The van der Waals surface area contributed by atoms with E-state index in [9.17, 15) is 0 Å². The molecule has 0 saturated heterocycles. The van der Waals surface area contributed by atoms with Gasteiger partial charge >= 0.3 is 0 Å². The molecule has 0 amide bonds. The molecule has 236 valence electrons. The standard InChI is InChI=1S/C48H29N3/c1-2-11-30(12-3-1)31-21-23-32(24-22-31)49-41-19-8-5-14-37(41)46-44(49)27-28-45-47(46)38-15-6-9-20-42(38)50(45)33-25-26-43-39(29-33)36-17-10-16-35-34-13-4-7-18-40(34)51(43)48(35)36/h1-29H. The van der Waals surface area contributed by atoms with Crippen molar-refractivity contribution < 1.29 is 0 Å². The summed E-state index contributed by atoms with van der Waals surface area (Å²) in [6.07, 6.45) is 0. The van der Waals surface area contributed by atoms with Crippen molar-refractivity contribution in [3.05, 3.63) is 176 Å². The molecule has 3 heteroatoms. The van der Waals surface area contributed by atoms with E-state index in [0.29, 0.717) is 0 Å². The lowest BCUT2D eigenvalue weighted by Crippen LogP contribution is -1.95. The number of nitrogens with zero attached hydrogens (tertiary/aromatic N) is 3. The molecule has 3 nitrogen and oxygen atoms in total. The van der Waals surface area contributed by atoms with E-state index < -0.39 is 0 Å². The van der Waals surface area contributed by atoms with E-state index in [-0.39, 0.29) is 0 Å². The fourth-order valence-corrected chi connectivity index (χ4v) is 9.07. The van der Waals surface area contributed by atoms with Crippen LogP contribution >= 0.6 is 0 Å². The molecule has 0 aliphatic heterocycles. The molecular weight excluding hydrogens is 619 g/mol. The molecule has 0 N–H and O–H groups in total. The van der Waals surface area contributed by atoms with Gasteiger partial charge in [0.2, 0.25) is 0 Å². The number of aromatic nitrogens is 3. The molecule has 0 fully saturated rings. The Hall–Kier alpha value is -6.84. The van der Waals surface area contributed by atoms with Gasteiger partial charge in [0.1, 0.15) is 0 Å². The van der Waals surface area contributed by atoms with Crippen LogP contribution in [-0.4, -0.2) is 13.5 Å². The van der Waals surface area contributed by atoms with Crippen LogP contribution in [0.2, 0.25) is 0 Å². The normalized spacial score (nSPS) is 12.3. The second kappa shape index (κ2) is 9.87. The molecule has 0 atom stereocenters. The van der Waals surface area contributed by atoms with E-state index in [0.717, 1.165) is 5.69 Å². The first-order valence-electron chi connectivity index (χ1n) is 17.6. The first-order valence-corrected chi connectivity index (χ1v) is 17.6. The maximum Gasteiger partial charge on any atom is 0.0620 e. The number of benzene rings is 8. The largest absolute Gasteiger partial charge is 0.309 e. The summed E-state index contributed by atoms with van der Waals surface area (Å²) in [4.78, 5) is 0. The predicted octanol–water partition coefficient (Wildman–Crippen LogP) is 12.7. The number of para-hydroxylation sites is 4. The average Bonchev–Trinajstić information content (AvgIpc) is 3.92. The van der Waals surface area contributed by atoms with Gasteiger partial charge in [-0.1, -0.05) is 115 Å². The predicted molar refractivity (Wildman–Crippen MR) is 215 cm³/mol. The Morgan fingerprint density at radius 2 is 0.745 bits per heavy atom. The Balaban J connectivity index is 1.13. The van der Waals surface area contributed by atoms with Gasteiger partial charge < -0.3 is 13.5 Å². The minimum atomic E-state index is 1.16. The summed E-state index contributed by atoms with van der Waals surface area (Å²) in [6.45, 7) is 0. The van der Waals surface area contributed by atoms with Crippen LogP contribution in [0.1, 0.15) is 0 Å². The molecule has 51 heavy (non-hydrogen) atoms. The topological polar surface area (TPSA) is 14.3 Å². The Morgan fingerprint density at radius 1 is 0.275 bits per heavy atom. The molecule has 0 saturated carbocycles. The van der Waals surface area contributed by atoms with Gasteiger partial charge in [0.25, 0.3) is 0 Å². The third-order valence-corrected chi connectivity index (χ3v) is 11.2. The zero-order valence-corrected chi connectivity index (χ0v) is 27.6. The van der Waals surface area contributed by atoms with Gasteiger partial charge in [-0.25, -0.2) is 0 Å². The van der Waals surface area contributed by atoms with Crippen LogP contribution in [0.3, 0.4) is 0 Å². The van der Waals surface area contributed by atoms with Crippen LogP contribution < -0.4 is 0 Å². The molecule has 0 spiro atoms. The lowest BCUT2D eigenvalue weighted by Gasteiger charge is -2.10. The first-order chi connectivity index (χ1) is 25.3. The molecule has 8 aromatic carbocycles. The van der Waals surface area contributed by atoms with E-state index in [1.54, 1.807) is 0 Å². The number of rotatable bonds is 3. The molecule has 4 heterocycles. The molecular formula is C48H29N3. The molecule has 0 bridgehead atoms. The van der Waals surface area contributed by atoms with Gasteiger partial charge in [0, 0.05) is 54.5 Å². The molecule has 12 rings (SSSR count). The third kappa shape index (κ3) is 3.52. The van der Waals surface area contributed by atoms with Crippen LogP contribution in [0.5, 0.6) is 0 Å². The quantitative estimate of drug-likeness (QED) is 0.181. The van der Waals surface area contributed by atoms with Gasteiger partial charge in [0.15, 0.2) is 0 Å². The third-order valence-electron chi connectivity index (χ3n) is 11.2. The Kier molecular flexibility index (Phi) is 5.23. The molecule has 0 unspecified atom stereocenters. The monoisotopic (exact) mass is 647 g/mol. The van der Waals surface area contributed by atoms with Gasteiger partial charge in [-0.05, 0) is 71.8 Å². The SMILES string of the molecule is c1ccc(-c2ccc(-n3c4ccccc4c4c5c6ccccc6n(-c6ccc7c(c6)c6cccc8c9ccccc9n7c86)c5ccc43)cc2)cc1. The molecule has 0 aliphatic rings. The highest BCUT2D eigenvalue weighted by Gasteiger charge is 2.22. The lowest BCUT2D eigenvalue weighted by atomic mass is 10.1. The Bertz CT molecular complexity index is 3340. The maximum atomic E-state index is 2.47. The minimum Gasteiger partial charge on any atom is -0.309 e. The van der Waals surface area contributed by atoms with Crippen LogP contribution in [-0.2, 0) is 0 Å². The lowest BCUT2D eigenvalue weighted by molar-refractivity contribution is 1.17. The van der Waals surface area contributed by atoms with Gasteiger partial charge in [-0.15, -0.1) is 0 Å². The van der Waals surface area contributed by atoms with Crippen molar-refractivity contribution in [3.63, 3.8) is 0 Å². The first kappa shape index (κ1) is 27.0. The van der Waals surface area contributed by atoms with E-state index >= 15 is 0 Å². The second-order valence-corrected chi connectivity index (χ2v) is 13.7. The van der Waals surface area contributed by atoms with Crippen LogP contribution in [0.15, 0.2) is 176 Å². The number of hydrogen-bond donors (Lipinski definition) is 0. The number of hydrogen-bond acceptors (Lipinski definition) is 0. The highest BCUT2D eigenvalue weighted by atomic mass is 15.0. The van der Waals surface area contributed by atoms with Crippen molar-refractivity contribution in [1.82, 2.24) is 13.5 Å². The van der Waals surface area contributed by atoms with Crippen LogP contribution in [0.4, 0.5) is 0 Å². The van der Waals surface area contributed by atoms with Crippen LogP contribution in [0.25, 0.3) is 104 Å². The Morgan fingerprint density at radius 3 is 1.43 bits per heavy atom. The summed E-state index contributed by atoms with van der Waals surface area (Å²) < 4.78 is 7.35. The zero-order chi connectivity index (χ0) is 33.2. The number of fused-ring (bicyclic) bond motifs is 13. The van der Waals surface area contributed by atoms with Gasteiger partial charge in [0.05, 0.1) is 38.6 Å². The molecule has 12 aromatic rings. The summed E-state index contributed by atoms with van der Waals surface area (Å²) in [5.41, 5.74) is 13.4. The van der Waals surface area contributed by atoms with Crippen molar-refractivity contribution in [3.8, 4) is 22.5 Å². The van der Waals surface area contributed by atoms with Crippen LogP contribution in [0, 0.1) is 0 Å². The minimum absolute atomic E-state index is 1.16. The highest BCUT2D eigenvalue weighted by Crippen LogP contribution is 2.44. The zero-order valence-electron chi connectivity index (χ0n) is 27.6. The fourth-order valence-electron chi connectivity index (χ4n) is 9.07. The van der Waals surface area contributed by atoms with Crippen molar-refractivity contribution in [2.24, 2.45) is 0 Å². The summed E-state index contributed by atoms with van der Waals surface area (Å²) in [5.74, 6) is 0. The van der Waals surface area contributed by atoms with E-state index in [4.69, 9.17) is 0 Å². The Labute approximate surface area is 292 Å². The maximum absolute atomic E-state index is 2.47. The highest BCUT2D eigenvalue weighted by molar-refractivity contribution is 6.29. The van der Waals surface area contributed by atoms with Gasteiger partial charge in [-0.2, -0.15) is 0 Å². The van der Waals surface area contributed by atoms with Crippen molar-refractivity contribution >= 4 is 81.7 Å². The summed E-state index contributed by atoms with van der Waals surface area (Å²) in [6, 6.07) is 64.6. The average molecular weight is 648 g/mol. The van der Waals surface area contributed by atoms with E-state index in [1.165, 1.54) is 98.5 Å². The van der Waals surface area contributed by atoms with Gasteiger partial charge in [-0.3, -0.25) is 0 Å². The summed E-state index contributed by atoms with van der Waals surface area (Å²) in [5, 5.41) is 10.3.